The van der Waals surface area contributed by atoms with Crippen molar-refractivity contribution >= 4 is 0 Å². The highest BCUT2D eigenvalue weighted by Crippen LogP contribution is 2.16. The number of hydrogen-bond acceptors (Lipinski definition) is 1. The molecule has 0 aromatic heterocycles. The van der Waals surface area contributed by atoms with E-state index in [1.165, 1.54) is 0 Å². The van der Waals surface area contributed by atoms with Crippen molar-refractivity contribution in [3.8, 4) is 0 Å². The van der Waals surface area contributed by atoms with Gasteiger partial charge in [-0.2, -0.15) is 0 Å². The lowest BCUT2D eigenvalue weighted by Gasteiger charge is -2.16. The van der Waals surface area contributed by atoms with Crippen molar-refractivity contribution in [3.63, 3.8) is 0 Å². The Balaban J connectivity index is 3.33. The van der Waals surface area contributed by atoms with Crippen LogP contribution >= 0.6 is 0 Å². The van der Waals surface area contributed by atoms with Gasteiger partial charge < -0.3 is 5.73 Å². The largest absolute Gasteiger partial charge is 0.328 e. The zero-order valence-electron chi connectivity index (χ0n) is 6.28. The lowest BCUT2D eigenvalue weighted by Crippen LogP contribution is -2.28. The predicted octanol–water partition coefficient (Wildman–Crippen LogP) is 1.86. The average molecular weight is 133 g/mol. The van der Waals surface area contributed by atoms with Crippen molar-refractivity contribution < 1.29 is 4.39 Å². The van der Waals surface area contributed by atoms with Crippen LogP contribution in [0.4, 0.5) is 4.39 Å². The lowest BCUT2D eigenvalue weighted by molar-refractivity contribution is 0.181. The quantitative estimate of drug-likeness (QED) is 0.622. The average Bonchev–Trinajstić information content (AvgIpc) is 1.84. The molecule has 0 bridgehead atoms. The fraction of sp³-hybridized carbons (Fsp3) is 1.00. The highest BCUT2D eigenvalue weighted by molar-refractivity contribution is 4.72. The topological polar surface area (TPSA) is 26.0 Å². The summed E-state index contributed by atoms with van der Waals surface area (Å²) in [5, 5.41) is 0. The Hall–Kier alpha value is -0.110. The van der Waals surface area contributed by atoms with Crippen molar-refractivity contribution in [2.24, 2.45) is 5.73 Å². The van der Waals surface area contributed by atoms with Gasteiger partial charge in [0, 0.05) is 6.54 Å². The van der Waals surface area contributed by atoms with Gasteiger partial charge in [-0.1, -0.05) is 19.8 Å². The molecule has 1 nitrogen and oxygen atoms in total. The molecule has 0 aliphatic rings. The van der Waals surface area contributed by atoms with Gasteiger partial charge in [-0.3, -0.25) is 0 Å². The summed E-state index contributed by atoms with van der Waals surface area (Å²) in [6, 6.07) is 0. The van der Waals surface area contributed by atoms with Crippen LogP contribution in [0.3, 0.4) is 0 Å². The Morgan fingerprint density at radius 3 is 2.44 bits per heavy atom. The molecule has 2 N–H and O–H groups in total. The number of nitrogens with two attached hydrogens (primary N) is 1. The molecule has 2 heteroatoms. The number of alkyl halides is 1. The smallest absolute Gasteiger partial charge is 0.120 e. The van der Waals surface area contributed by atoms with E-state index in [-0.39, 0.29) is 6.54 Å². The van der Waals surface area contributed by atoms with Crippen LogP contribution in [0, 0.1) is 0 Å². The van der Waals surface area contributed by atoms with Crippen LogP contribution < -0.4 is 5.73 Å². The summed E-state index contributed by atoms with van der Waals surface area (Å²) in [5.74, 6) is 0. The first-order valence-electron chi connectivity index (χ1n) is 3.51. The van der Waals surface area contributed by atoms with E-state index in [1.807, 2.05) is 6.92 Å². The SMILES string of the molecule is CCCCC(C)(F)CN. The van der Waals surface area contributed by atoms with Gasteiger partial charge in [0.15, 0.2) is 0 Å². The molecule has 0 rings (SSSR count). The summed E-state index contributed by atoms with van der Waals surface area (Å²) in [4.78, 5) is 0. The predicted molar refractivity (Wildman–Crippen MR) is 38.1 cm³/mol. The third-order valence-corrected chi connectivity index (χ3v) is 1.48. The van der Waals surface area contributed by atoms with Gasteiger partial charge in [-0.05, 0) is 13.3 Å². The highest BCUT2D eigenvalue weighted by Gasteiger charge is 2.18. The van der Waals surface area contributed by atoms with E-state index in [1.54, 1.807) is 6.92 Å². The van der Waals surface area contributed by atoms with E-state index >= 15 is 0 Å². The van der Waals surface area contributed by atoms with Gasteiger partial charge >= 0.3 is 0 Å². The van der Waals surface area contributed by atoms with Crippen molar-refractivity contribution in [2.75, 3.05) is 6.54 Å². The van der Waals surface area contributed by atoms with E-state index in [0.29, 0.717) is 6.42 Å². The van der Waals surface area contributed by atoms with Gasteiger partial charge in [-0.15, -0.1) is 0 Å². The molecule has 0 saturated heterocycles. The van der Waals surface area contributed by atoms with Crippen molar-refractivity contribution in [3.05, 3.63) is 0 Å². The molecule has 0 heterocycles. The van der Waals surface area contributed by atoms with Gasteiger partial charge in [-0.25, -0.2) is 4.39 Å². The molecule has 0 radical (unpaired) electrons. The van der Waals surface area contributed by atoms with Crippen LogP contribution in [0.15, 0.2) is 0 Å². The second kappa shape index (κ2) is 3.83. The molecule has 0 aromatic carbocycles. The number of rotatable bonds is 4. The molecule has 0 aliphatic heterocycles. The molecule has 0 fully saturated rings. The summed E-state index contributed by atoms with van der Waals surface area (Å²) in [6.07, 6.45) is 2.57. The van der Waals surface area contributed by atoms with Crippen LogP contribution in [-0.2, 0) is 0 Å². The second-order valence-electron chi connectivity index (χ2n) is 2.72. The number of unbranched alkanes of at least 4 members (excludes halogenated alkanes) is 1. The third-order valence-electron chi connectivity index (χ3n) is 1.48. The molecular formula is C7H16FN. The molecule has 0 spiro atoms. The van der Waals surface area contributed by atoms with Gasteiger partial charge in [0.2, 0.25) is 0 Å². The standard InChI is InChI=1S/C7H16FN/c1-3-4-5-7(2,8)6-9/h3-6,9H2,1-2H3. The Morgan fingerprint density at radius 2 is 2.11 bits per heavy atom. The van der Waals surface area contributed by atoms with Crippen LogP contribution in [0.1, 0.15) is 33.1 Å². The van der Waals surface area contributed by atoms with Crippen molar-refractivity contribution in [1.82, 2.24) is 0 Å². The van der Waals surface area contributed by atoms with Gasteiger partial charge in [0.1, 0.15) is 5.67 Å². The molecule has 1 unspecified atom stereocenters. The molecule has 9 heavy (non-hydrogen) atoms. The van der Waals surface area contributed by atoms with E-state index < -0.39 is 5.67 Å². The Morgan fingerprint density at radius 1 is 1.56 bits per heavy atom. The number of hydrogen-bond donors (Lipinski definition) is 1. The van der Waals surface area contributed by atoms with Crippen molar-refractivity contribution in [2.45, 2.75) is 38.8 Å². The minimum atomic E-state index is -1.13. The Bertz CT molecular complexity index is 71.3. The summed E-state index contributed by atoms with van der Waals surface area (Å²) in [6.45, 7) is 3.75. The fourth-order valence-corrected chi connectivity index (χ4v) is 0.647. The Labute approximate surface area is 56.4 Å². The summed E-state index contributed by atoms with van der Waals surface area (Å²) >= 11 is 0. The first-order valence-corrected chi connectivity index (χ1v) is 3.51. The minimum absolute atomic E-state index is 0.146. The van der Waals surface area contributed by atoms with E-state index in [2.05, 4.69) is 0 Å². The fourth-order valence-electron chi connectivity index (χ4n) is 0.647. The first kappa shape index (κ1) is 8.89. The molecular weight excluding hydrogens is 117 g/mol. The molecule has 0 aliphatic carbocycles. The number of halogens is 1. The molecule has 56 valence electrons. The maximum absolute atomic E-state index is 12.9. The minimum Gasteiger partial charge on any atom is -0.328 e. The highest BCUT2D eigenvalue weighted by atomic mass is 19.1. The molecule has 1 atom stereocenters. The molecule has 0 aromatic rings. The molecule has 0 amide bonds. The summed E-state index contributed by atoms with van der Waals surface area (Å²) in [5.41, 5.74) is 4.04. The Kier molecular flexibility index (Phi) is 3.78. The van der Waals surface area contributed by atoms with Crippen LogP contribution in [0.25, 0.3) is 0 Å². The summed E-state index contributed by atoms with van der Waals surface area (Å²) < 4.78 is 12.9. The monoisotopic (exact) mass is 133 g/mol. The maximum atomic E-state index is 12.9. The maximum Gasteiger partial charge on any atom is 0.120 e. The van der Waals surface area contributed by atoms with Crippen LogP contribution in [0.5, 0.6) is 0 Å². The lowest BCUT2D eigenvalue weighted by atomic mass is 10.0. The third kappa shape index (κ3) is 4.40. The van der Waals surface area contributed by atoms with Gasteiger partial charge in [0.05, 0.1) is 0 Å². The van der Waals surface area contributed by atoms with E-state index in [9.17, 15) is 4.39 Å². The van der Waals surface area contributed by atoms with E-state index in [4.69, 9.17) is 5.73 Å². The normalized spacial score (nSPS) is 17.3. The van der Waals surface area contributed by atoms with Crippen LogP contribution in [0.2, 0.25) is 0 Å². The first-order chi connectivity index (χ1) is 4.12. The van der Waals surface area contributed by atoms with E-state index in [0.717, 1.165) is 12.8 Å². The second-order valence-corrected chi connectivity index (χ2v) is 2.72. The van der Waals surface area contributed by atoms with Crippen molar-refractivity contribution in [1.29, 1.82) is 0 Å². The molecule has 0 saturated carbocycles. The van der Waals surface area contributed by atoms with Crippen LogP contribution in [-0.4, -0.2) is 12.2 Å². The van der Waals surface area contributed by atoms with Gasteiger partial charge in [0.25, 0.3) is 0 Å². The zero-order valence-corrected chi connectivity index (χ0v) is 6.28. The zero-order chi connectivity index (χ0) is 7.33. The summed E-state index contributed by atoms with van der Waals surface area (Å²) in [7, 11) is 0.